The molecule has 0 aliphatic carbocycles. The molecule has 0 unspecified atom stereocenters. The van der Waals surface area contributed by atoms with Crippen molar-refractivity contribution in [2.24, 2.45) is 0 Å². The number of hydrogen-bond acceptors (Lipinski definition) is 5. The van der Waals surface area contributed by atoms with Crippen molar-refractivity contribution >= 4 is 35.2 Å². The maximum absolute atomic E-state index is 12.4. The Morgan fingerprint density at radius 1 is 1.03 bits per heavy atom. The van der Waals surface area contributed by atoms with Crippen LogP contribution in [0.5, 0.6) is 0 Å². The molecule has 8 heteroatoms. The van der Waals surface area contributed by atoms with Crippen molar-refractivity contribution in [1.29, 1.82) is 5.26 Å². The highest BCUT2D eigenvalue weighted by Gasteiger charge is 2.14. The first kappa shape index (κ1) is 22.0. The van der Waals surface area contributed by atoms with E-state index in [2.05, 4.69) is 16.0 Å². The number of anilines is 1. The topological polar surface area (TPSA) is 111 Å². The Kier molecular flexibility index (Phi) is 8.73. The molecule has 0 aromatic heterocycles. The van der Waals surface area contributed by atoms with Gasteiger partial charge in [-0.1, -0.05) is 25.1 Å². The van der Waals surface area contributed by atoms with Gasteiger partial charge in [-0.15, -0.1) is 11.8 Å². The van der Waals surface area contributed by atoms with Crippen LogP contribution in [0, 0.1) is 11.3 Å². The Morgan fingerprint density at radius 3 is 2.59 bits per heavy atom. The molecule has 150 valence electrons. The van der Waals surface area contributed by atoms with Crippen LogP contribution in [-0.2, 0) is 9.59 Å². The van der Waals surface area contributed by atoms with Gasteiger partial charge in [0, 0.05) is 17.1 Å². The van der Waals surface area contributed by atoms with E-state index in [1.807, 2.05) is 13.0 Å². The van der Waals surface area contributed by atoms with Gasteiger partial charge in [0.2, 0.25) is 11.8 Å². The maximum Gasteiger partial charge on any atom is 0.252 e. The standard InChI is InChI=1S/C21H22N4O3S/c1-2-10-23-19(26)13-24-21(28)17-8-3-4-9-18(17)29-14-20(27)25-16-7-5-6-15(11-16)12-22/h3-9,11H,2,10,13-14H2,1H3,(H,23,26)(H,24,28)(H,25,27). The third-order valence-corrected chi connectivity index (χ3v) is 4.82. The summed E-state index contributed by atoms with van der Waals surface area (Å²) in [5.41, 5.74) is 1.40. The number of carbonyl (C=O) groups excluding carboxylic acids is 3. The van der Waals surface area contributed by atoms with E-state index >= 15 is 0 Å². The fourth-order valence-electron chi connectivity index (χ4n) is 2.37. The van der Waals surface area contributed by atoms with Crippen molar-refractivity contribution in [2.75, 3.05) is 24.2 Å². The molecule has 0 heterocycles. The lowest BCUT2D eigenvalue weighted by atomic mass is 10.2. The number of nitrogens with zero attached hydrogens (tertiary/aromatic N) is 1. The minimum Gasteiger partial charge on any atom is -0.355 e. The third-order valence-electron chi connectivity index (χ3n) is 3.75. The molecule has 0 atom stereocenters. The van der Waals surface area contributed by atoms with Crippen LogP contribution in [0.2, 0.25) is 0 Å². The van der Waals surface area contributed by atoms with Gasteiger partial charge in [-0.3, -0.25) is 14.4 Å². The molecule has 3 N–H and O–H groups in total. The molecular formula is C21H22N4O3S. The van der Waals surface area contributed by atoms with Crippen molar-refractivity contribution in [3.05, 3.63) is 59.7 Å². The summed E-state index contributed by atoms with van der Waals surface area (Å²) in [7, 11) is 0. The summed E-state index contributed by atoms with van der Waals surface area (Å²) in [4.78, 5) is 36.9. The number of thioether (sulfide) groups is 1. The molecule has 3 amide bonds. The van der Waals surface area contributed by atoms with Crippen LogP contribution < -0.4 is 16.0 Å². The highest BCUT2D eigenvalue weighted by Crippen LogP contribution is 2.23. The average molecular weight is 410 g/mol. The summed E-state index contributed by atoms with van der Waals surface area (Å²) < 4.78 is 0. The molecule has 2 aromatic rings. The first-order valence-corrected chi connectivity index (χ1v) is 10.1. The third kappa shape index (κ3) is 7.31. The van der Waals surface area contributed by atoms with Crippen LogP contribution in [0.4, 0.5) is 5.69 Å². The number of nitriles is 1. The van der Waals surface area contributed by atoms with Gasteiger partial charge in [0.05, 0.1) is 29.5 Å². The van der Waals surface area contributed by atoms with E-state index in [1.54, 1.807) is 48.5 Å². The summed E-state index contributed by atoms with van der Waals surface area (Å²) in [6.07, 6.45) is 0.821. The Hall–Kier alpha value is -3.31. The zero-order valence-electron chi connectivity index (χ0n) is 16.0. The molecule has 0 radical (unpaired) electrons. The highest BCUT2D eigenvalue weighted by molar-refractivity contribution is 8.00. The number of amides is 3. The van der Waals surface area contributed by atoms with Gasteiger partial charge in [0.1, 0.15) is 0 Å². The normalized spacial score (nSPS) is 9.93. The van der Waals surface area contributed by atoms with Crippen LogP contribution in [0.1, 0.15) is 29.3 Å². The smallest absolute Gasteiger partial charge is 0.252 e. The number of carbonyl (C=O) groups is 3. The fraction of sp³-hybridized carbons (Fsp3) is 0.238. The second kappa shape index (κ2) is 11.5. The van der Waals surface area contributed by atoms with E-state index in [0.29, 0.717) is 28.3 Å². The summed E-state index contributed by atoms with van der Waals surface area (Å²) in [6.45, 7) is 2.41. The molecule has 0 aliphatic heterocycles. The quantitative estimate of drug-likeness (QED) is 0.550. The lowest BCUT2D eigenvalue weighted by Crippen LogP contribution is -2.37. The summed E-state index contributed by atoms with van der Waals surface area (Å²) in [6, 6.07) is 15.6. The van der Waals surface area contributed by atoms with Crippen molar-refractivity contribution in [3.8, 4) is 6.07 Å². The number of benzene rings is 2. The molecule has 29 heavy (non-hydrogen) atoms. The molecule has 0 fully saturated rings. The van der Waals surface area contributed by atoms with Crippen LogP contribution >= 0.6 is 11.8 Å². The predicted octanol–water partition coefficient (Wildman–Crippen LogP) is 2.55. The van der Waals surface area contributed by atoms with Crippen LogP contribution in [0.25, 0.3) is 0 Å². The molecule has 7 nitrogen and oxygen atoms in total. The number of hydrogen-bond donors (Lipinski definition) is 3. The molecule has 0 aliphatic rings. The number of nitrogens with one attached hydrogen (secondary N) is 3. The number of rotatable bonds is 9. The van der Waals surface area contributed by atoms with Gasteiger partial charge < -0.3 is 16.0 Å². The van der Waals surface area contributed by atoms with E-state index in [1.165, 1.54) is 11.8 Å². The first-order chi connectivity index (χ1) is 14.0. The van der Waals surface area contributed by atoms with E-state index in [9.17, 15) is 14.4 Å². The second-order valence-electron chi connectivity index (χ2n) is 6.06. The largest absolute Gasteiger partial charge is 0.355 e. The van der Waals surface area contributed by atoms with E-state index in [-0.39, 0.29) is 30.0 Å². The monoisotopic (exact) mass is 410 g/mol. The van der Waals surface area contributed by atoms with Gasteiger partial charge in [-0.05, 0) is 36.8 Å². The van der Waals surface area contributed by atoms with Crippen LogP contribution in [-0.4, -0.2) is 36.6 Å². The summed E-state index contributed by atoms with van der Waals surface area (Å²) in [5.74, 6) is -0.775. The SMILES string of the molecule is CCCNC(=O)CNC(=O)c1ccccc1SCC(=O)Nc1cccc(C#N)c1. The van der Waals surface area contributed by atoms with Crippen molar-refractivity contribution in [2.45, 2.75) is 18.2 Å². The molecule has 0 saturated heterocycles. The highest BCUT2D eigenvalue weighted by atomic mass is 32.2. The second-order valence-corrected chi connectivity index (χ2v) is 7.08. The molecule has 0 spiro atoms. The Labute approximate surface area is 173 Å². The molecular weight excluding hydrogens is 388 g/mol. The van der Waals surface area contributed by atoms with Crippen LogP contribution in [0.3, 0.4) is 0 Å². The predicted molar refractivity (Wildman–Crippen MR) is 113 cm³/mol. The minimum atomic E-state index is -0.373. The maximum atomic E-state index is 12.4. The lowest BCUT2D eigenvalue weighted by Gasteiger charge is -2.10. The van der Waals surface area contributed by atoms with Crippen molar-refractivity contribution in [1.82, 2.24) is 10.6 Å². The summed E-state index contributed by atoms with van der Waals surface area (Å²) in [5, 5.41) is 16.9. The molecule has 2 rings (SSSR count). The average Bonchev–Trinajstić information content (AvgIpc) is 2.74. The Morgan fingerprint density at radius 2 is 1.83 bits per heavy atom. The van der Waals surface area contributed by atoms with Crippen molar-refractivity contribution in [3.63, 3.8) is 0 Å². The van der Waals surface area contributed by atoms with E-state index in [4.69, 9.17) is 5.26 Å². The van der Waals surface area contributed by atoms with Crippen molar-refractivity contribution < 1.29 is 14.4 Å². The van der Waals surface area contributed by atoms with Gasteiger partial charge in [0.15, 0.2) is 0 Å². The van der Waals surface area contributed by atoms with Gasteiger partial charge in [-0.25, -0.2) is 0 Å². The van der Waals surface area contributed by atoms with Gasteiger partial charge in [0.25, 0.3) is 5.91 Å². The lowest BCUT2D eigenvalue weighted by molar-refractivity contribution is -0.120. The first-order valence-electron chi connectivity index (χ1n) is 9.10. The minimum absolute atomic E-state index is 0.0953. The van der Waals surface area contributed by atoms with Crippen LogP contribution in [0.15, 0.2) is 53.4 Å². The molecule has 2 aromatic carbocycles. The van der Waals surface area contributed by atoms with E-state index in [0.717, 1.165) is 6.42 Å². The molecule has 0 bridgehead atoms. The van der Waals surface area contributed by atoms with Gasteiger partial charge in [-0.2, -0.15) is 5.26 Å². The Bertz CT molecular complexity index is 924. The Balaban J connectivity index is 1.92. The van der Waals surface area contributed by atoms with E-state index < -0.39 is 0 Å². The molecule has 0 saturated carbocycles. The zero-order valence-corrected chi connectivity index (χ0v) is 16.8. The zero-order chi connectivity index (χ0) is 21.1. The fourth-order valence-corrected chi connectivity index (χ4v) is 3.22. The summed E-state index contributed by atoms with van der Waals surface area (Å²) >= 11 is 1.22. The van der Waals surface area contributed by atoms with Gasteiger partial charge >= 0.3 is 0 Å².